The van der Waals surface area contributed by atoms with Crippen molar-refractivity contribution in [3.05, 3.63) is 45.2 Å². The molecule has 1 aromatic rings. The van der Waals surface area contributed by atoms with Crippen molar-refractivity contribution in [2.24, 2.45) is 23.5 Å². The maximum atomic E-state index is 13.6. The van der Waals surface area contributed by atoms with Crippen LogP contribution >= 0.6 is 11.6 Å². The van der Waals surface area contributed by atoms with E-state index in [1.54, 1.807) is 25.1 Å². The van der Waals surface area contributed by atoms with Crippen molar-refractivity contribution >= 4 is 35.2 Å². The van der Waals surface area contributed by atoms with Crippen molar-refractivity contribution in [1.82, 2.24) is 4.90 Å². The number of ketones is 2. The number of hydrogen-bond donors (Lipinski definition) is 6. The van der Waals surface area contributed by atoms with E-state index in [1.807, 2.05) is 0 Å². The van der Waals surface area contributed by atoms with Gasteiger partial charge in [-0.25, -0.2) is 0 Å². The van der Waals surface area contributed by atoms with Crippen molar-refractivity contribution in [1.29, 1.82) is 0 Å². The number of fused-ring (bicyclic) bond motifs is 3. The van der Waals surface area contributed by atoms with E-state index in [9.17, 15) is 39.9 Å². The fraction of sp³-hybridized carbons (Fsp3) is 0.458. The van der Waals surface area contributed by atoms with E-state index < -0.39 is 65.3 Å². The van der Waals surface area contributed by atoms with Gasteiger partial charge in [0.25, 0.3) is 0 Å². The zero-order valence-corrected chi connectivity index (χ0v) is 19.9. The Morgan fingerprint density at radius 3 is 2.51 bits per heavy atom. The lowest BCUT2D eigenvalue weighted by atomic mass is 9.56. The highest BCUT2D eigenvalue weighted by Crippen LogP contribution is 2.52. The summed E-state index contributed by atoms with van der Waals surface area (Å²) in [5, 5.41) is 53.6. The van der Waals surface area contributed by atoms with Crippen LogP contribution in [0.1, 0.15) is 27.9 Å². The van der Waals surface area contributed by atoms with Gasteiger partial charge in [0.05, 0.1) is 18.3 Å². The highest BCUT2D eigenvalue weighted by Gasteiger charge is 2.66. The summed E-state index contributed by atoms with van der Waals surface area (Å²) in [6.07, 6.45) is 0.0960. The number of nitrogens with two attached hydrogens (primary N) is 1. The molecule has 0 bridgehead atoms. The summed E-state index contributed by atoms with van der Waals surface area (Å²) < 4.78 is 0. The standard InChI is InChI=1S/C24H27ClN2O8/c1-27(2)18-13-7-10-6-12-9(5-11(25)8-28)3-4-14(29)16(12)19(30)15(10)21(32)24(13,35)22(33)17(20(18)31)23(26)34/h3-5,10,13,17-18,20,28-29,31-32,35H,6-8H2,1-2H3,(H2,26,34)/b11-5-/t10?,13?,17?,18-,20?,24-/m0/s1. The van der Waals surface area contributed by atoms with Gasteiger partial charge in [-0.05, 0) is 56.1 Å². The third-order valence-electron chi connectivity index (χ3n) is 7.48. The Balaban J connectivity index is 1.94. The van der Waals surface area contributed by atoms with Gasteiger partial charge in [-0.15, -0.1) is 0 Å². The number of halogens is 1. The molecule has 7 N–H and O–H groups in total. The zero-order valence-electron chi connectivity index (χ0n) is 19.1. The largest absolute Gasteiger partial charge is 0.508 e. The van der Waals surface area contributed by atoms with Crippen molar-refractivity contribution in [2.45, 2.75) is 30.6 Å². The van der Waals surface area contributed by atoms with Crippen LogP contribution in [0, 0.1) is 17.8 Å². The van der Waals surface area contributed by atoms with E-state index in [0.29, 0.717) is 11.1 Å². The van der Waals surface area contributed by atoms with Crippen molar-refractivity contribution in [3.63, 3.8) is 0 Å². The number of nitrogens with zero attached hydrogens (tertiary/aromatic N) is 1. The maximum Gasteiger partial charge on any atom is 0.230 e. The predicted octanol–water partition coefficient (Wildman–Crippen LogP) is -0.142. The summed E-state index contributed by atoms with van der Waals surface area (Å²) in [6, 6.07) is 1.87. The number of benzene rings is 1. The third kappa shape index (κ3) is 3.59. The highest BCUT2D eigenvalue weighted by molar-refractivity contribution is 6.31. The number of aliphatic hydroxyl groups excluding tert-OH is 3. The van der Waals surface area contributed by atoms with Gasteiger partial charge in [-0.3, -0.25) is 14.4 Å². The summed E-state index contributed by atoms with van der Waals surface area (Å²) >= 11 is 5.99. The van der Waals surface area contributed by atoms with Gasteiger partial charge in [-0.2, -0.15) is 0 Å². The van der Waals surface area contributed by atoms with Crippen molar-refractivity contribution < 1.29 is 39.9 Å². The van der Waals surface area contributed by atoms with Crippen LogP contribution in [-0.2, 0) is 16.0 Å². The number of rotatable bonds is 4. The van der Waals surface area contributed by atoms with Gasteiger partial charge < -0.3 is 36.2 Å². The van der Waals surface area contributed by atoms with Crippen LogP contribution in [0.3, 0.4) is 0 Å². The quantitative estimate of drug-likeness (QED) is 0.303. The summed E-state index contributed by atoms with van der Waals surface area (Å²) in [5.74, 6) is -7.87. The number of Topliss-reactive ketones (excluding diaryl/α,β-unsaturated/α-hetero) is 2. The fourth-order valence-corrected chi connectivity index (χ4v) is 6.10. The van der Waals surface area contributed by atoms with Crippen LogP contribution in [0.5, 0.6) is 5.75 Å². The van der Waals surface area contributed by atoms with E-state index in [1.165, 1.54) is 12.1 Å². The predicted molar refractivity (Wildman–Crippen MR) is 124 cm³/mol. The van der Waals surface area contributed by atoms with E-state index in [4.69, 9.17) is 17.3 Å². The molecule has 10 nitrogen and oxygen atoms in total. The first-order valence-corrected chi connectivity index (χ1v) is 11.4. The first kappa shape index (κ1) is 25.3. The second-order valence-electron chi connectivity index (χ2n) is 9.57. The number of hydrogen-bond acceptors (Lipinski definition) is 9. The molecular weight excluding hydrogens is 480 g/mol. The Morgan fingerprint density at radius 2 is 1.94 bits per heavy atom. The fourth-order valence-electron chi connectivity index (χ4n) is 5.98. The molecule has 0 spiro atoms. The number of aromatic hydroxyl groups is 1. The number of aliphatic hydroxyl groups is 4. The Hall–Kier alpha value is -2.76. The van der Waals surface area contributed by atoms with E-state index in [-0.39, 0.29) is 34.8 Å². The molecule has 0 heterocycles. The monoisotopic (exact) mass is 506 g/mol. The molecule has 11 heteroatoms. The van der Waals surface area contributed by atoms with Crippen LogP contribution in [0.4, 0.5) is 0 Å². The van der Waals surface area contributed by atoms with Crippen molar-refractivity contribution in [2.75, 3.05) is 20.7 Å². The molecule has 0 aliphatic heterocycles. The molecule has 1 amide bonds. The molecule has 0 saturated heterocycles. The molecule has 4 unspecified atom stereocenters. The van der Waals surface area contributed by atoms with Gasteiger partial charge in [0.15, 0.2) is 17.2 Å². The number of phenols is 1. The Kier molecular flexibility index (Phi) is 6.31. The number of amides is 1. The Labute approximate surface area is 205 Å². The second kappa shape index (κ2) is 8.72. The molecule has 35 heavy (non-hydrogen) atoms. The number of phenolic OH excluding ortho intramolecular Hbond substituents is 1. The minimum atomic E-state index is -2.62. The third-order valence-corrected chi connectivity index (χ3v) is 7.71. The molecule has 0 aromatic heterocycles. The van der Waals surface area contributed by atoms with Crippen LogP contribution in [0.25, 0.3) is 6.08 Å². The SMILES string of the molecule is CN(C)[C@@H]1C(O)C(C(N)=O)C(=O)[C@@]2(O)C(O)=C3C(=O)c4c(O)ccc(/C=C(\Cl)CO)c4CC3CC12. The number of primary amides is 1. The number of carbonyl (C=O) groups is 3. The summed E-state index contributed by atoms with van der Waals surface area (Å²) in [7, 11) is 3.19. The number of likely N-dealkylation sites (N-methyl/N-ethyl adjacent to an activating group) is 1. The average Bonchev–Trinajstić information content (AvgIpc) is 2.77. The Morgan fingerprint density at radius 1 is 1.29 bits per heavy atom. The normalized spacial score (nSPS) is 32.9. The molecule has 3 aliphatic carbocycles. The lowest BCUT2D eigenvalue weighted by Gasteiger charge is -2.53. The maximum absolute atomic E-state index is 13.6. The molecule has 1 fully saturated rings. The molecule has 0 radical (unpaired) electrons. The second-order valence-corrected chi connectivity index (χ2v) is 10.1. The highest BCUT2D eigenvalue weighted by atomic mass is 35.5. The molecule has 3 aliphatic rings. The molecule has 188 valence electrons. The molecule has 1 saturated carbocycles. The minimum Gasteiger partial charge on any atom is -0.508 e. The van der Waals surface area contributed by atoms with Crippen LogP contribution in [0.2, 0.25) is 0 Å². The zero-order chi connectivity index (χ0) is 26.0. The van der Waals surface area contributed by atoms with Crippen LogP contribution in [0.15, 0.2) is 28.5 Å². The number of carbonyl (C=O) groups excluding carboxylic acids is 3. The van der Waals surface area contributed by atoms with Crippen LogP contribution < -0.4 is 5.73 Å². The Bertz CT molecular complexity index is 1190. The van der Waals surface area contributed by atoms with Gasteiger partial charge in [0, 0.05) is 22.6 Å². The summed E-state index contributed by atoms with van der Waals surface area (Å²) in [4.78, 5) is 40.4. The first-order chi connectivity index (χ1) is 16.4. The van der Waals surface area contributed by atoms with Crippen LogP contribution in [-0.4, -0.2) is 86.4 Å². The average molecular weight is 507 g/mol. The van der Waals surface area contributed by atoms with Gasteiger partial charge in [0.1, 0.15) is 17.4 Å². The molecule has 4 rings (SSSR count). The van der Waals surface area contributed by atoms with Gasteiger partial charge in [0.2, 0.25) is 5.91 Å². The van der Waals surface area contributed by atoms with E-state index >= 15 is 0 Å². The van der Waals surface area contributed by atoms with Gasteiger partial charge >= 0.3 is 0 Å². The molecule has 6 atom stereocenters. The van der Waals surface area contributed by atoms with E-state index in [2.05, 4.69) is 0 Å². The number of allylic oxidation sites excluding steroid dienone is 1. The first-order valence-electron chi connectivity index (χ1n) is 11.1. The van der Waals surface area contributed by atoms with E-state index in [0.717, 1.165) is 0 Å². The van der Waals surface area contributed by atoms with Gasteiger partial charge in [-0.1, -0.05) is 17.7 Å². The summed E-state index contributed by atoms with van der Waals surface area (Å²) in [6.45, 7) is -0.429. The van der Waals surface area contributed by atoms with Crippen molar-refractivity contribution in [3.8, 4) is 5.75 Å². The summed E-state index contributed by atoms with van der Waals surface area (Å²) in [5.41, 5.74) is 3.33. The topological polar surface area (TPSA) is 182 Å². The minimum absolute atomic E-state index is 0.0186. The lowest BCUT2D eigenvalue weighted by molar-refractivity contribution is -0.178. The lowest BCUT2D eigenvalue weighted by Crippen LogP contribution is -2.71. The molecule has 1 aromatic carbocycles. The molecular formula is C24H27ClN2O8. The smallest absolute Gasteiger partial charge is 0.230 e.